The SMILES string of the molecule is Cn1cnc(N[C@@H]2CC(Cn3cccn3)C[C@H]2O)cc1=O. The standard InChI is InChI=1S/C14H19N5O2/c1-18-9-15-13(7-14(18)21)17-11-5-10(6-12(11)20)8-19-4-2-3-16-19/h2-4,7,9-12,17,20H,5-6,8H2,1H3/t10?,11-,12-/m1/s1. The fourth-order valence-corrected chi connectivity index (χ4v) is 2.83. The van der Waals surface area contributed by atoms with Crippen LogP contribution in [0.5, 0.6) is 0 Å². The van der Waals surface area contributed by atoms with Crippen LogP contribution in [0, 0.1) is 5.92 Å². The molecule has 3 rings (SSSR count). The molecular formula is C14H19N5O2. The molecule has 7 nitrogen and oxygen atoms in total. The van der Waals surface area contributed by atoms with E-state index in [1.54, 1.807) is 13.2 Å². The Balaban J connectivity index is 1.63. The van der Waals surface area contributed by atoms with Crippen LogP contribution in [-0.4, -0.2) is 36.6 Å². The molecule has 1 aliphatic rings. The number of aliphatic hydroxyl groups excluding tert-OH is 1. The first-order chi connectivity index (χ1) is 10.1. The summed E-state index contributed by atoms with van der Waals surface area (Å²) >= 11 is 0. The van der Waals surface area contributed by atoms with Gasteiger partial charge in [-0.25, -0.2) is 4.98 Å². The molecule has 0 radical (unpaired) electrons. The normalized spacial score (nSPS) is 25.1. The molecule has 2 heterocycles. The molecule has 21 heavy (non-hydrogen) atoms. The Morgan fingerprint density at radius 3 is 3.05 bits per heavy atom. The highest BCUT2D eigenvalue weighted by Gasteiger charge is 2.33. The fourth-order valence-electron chi connectivity index (χ4n) is 2.83. The molecule has 7 heteroatoms. The van der Waals surface area contributed by atoms with Gasteiger partial charge in [0.15, 0.2) is 0 Å². The molecule has 3 atom stereocenters. The van der Waals surface area contributed by atoms with Crippen molar-refractivity contribution in [2.45, 2.75) is 31.5 Å². The molecule has 1 fully saturated rings. The summed E-state index contributed by atoms with van der Waals surface area (Å²) in [4.78, 5) is 15.7. The van der Waals surface area contributed by atoms with Gasteiger partial charge in [-0.15, -0.1) is 0 Å². The third-order valence-corrected chi connectivity index (χ3v) is 3.94. The first-order valence-electron chi connectivity index (χ1n) is 7.06. The summed E-state index contributed by atoms with van der Waals surface area (Å²) in [7, 11) is 1.66. The van der Waals surface area contributed by atoms with Crippen LogP contribution in [0.1, 0.15) is 12.8 Å². The molecule has 2 N–H and O–H groups in total. The van der Waals surface area contributed by atoms with E-state index in [1.807, 2.05) is 16.9 Å². The number of nitrogens with one attached hydrogen (secondary N) is 1. The number of hydrogen-bond donors (Lipinski definition) is 2. The number of aryl methyl sites for hydroxylation is 1. The lowest BCUT2D eigenvalue weighted by Gasteiger charge is -2.17. The minimum absolute atomic E-state index is 0.0785. The molecule has 0 bridgehead atoms. The average Bonchev–Trinajstić information content (AvgIpc) is 3.05. The third kappa shape index (κ3) is 3.13. The minimum atomic E-state index is -0.434. The maximum atomic E-state index is 11.6. The average molecular weight is 289 g/mol. The highest BCUT2D eigenvalue weighted by molar-refractivity contribution is 5.34. The molecule has 0 aliphatic heterocycles. The van der Waals surface area contributed by atoms with Gasteiger partial charge in [-0.05, 0) is 24.8 Å². The van der Waals surface area contributed by atoms with Crippen LogP contribution in [0.2, 0.25) is 0 Å². The molecule has 0 saturated heterocycles. The van der Waals surface area contributed by atoms with Crippen LogP contribution in [-0.2, 0) is 13.6 Å². The summed E-state index contributed by atoms with van der Waals surface area (Å²) in [6.45, 7) is 0.798. The number of hydrogen-bond acceptors (Lipinski definition) is 5. The van der Waals surface area contributed by atoms with Crippen molar-refractivity contribution in [2.24, 2.45) is 13.0 Å². The molecule has 112 valence electrons. The smallest absolute Gasteiger partial charge is 0.255 e. The van der Waals surface area contributed by atoms with Gasteiger partial charge in [0, 0.05) is 32.1 Å². The van der Waals surface area contributed by atoms with E-state index in [9.17, 15) is 9.90 Å². The lowest BCUT2D eigenvalue weighted by molar-refractivity contribution is 0.166. The summed E-state index contributed by atoms with van der Waals surface area (Å²) in [5.74, 6) is 0.880. The van der Waals surface area contributed by atoms with Gasteiger partial charge in [0.05, 0.1) is 18.5 Å². The maximum Gasteiger partial charge on any atom is 0.255 e. The van der Waals surface area contributed by atoms with Gasteiger partial charge in [-0.3, -0.25) is 9.48 Å². The molecule has 0 amide bonds. The predicted molar refractivity (Wildman–Crippen MR) is 77.8 cm³/mol. The van der Waals surface area contributed by atoms with E-state index in [4.69, 9.17) is 0 Å². The van der Waals surface area contributed by atoms with E-state index >= 15 is 0 Å². The summed E-state index contributed by atoms with van der Waals surface area (Å²) in [5, 5.41) is 17.5. The quantitative estimate of drug-likeness (QED) is 0.841. The second kappa shape index (κ2) is 5.69. The van der Waals surface area contributed by atoms with Gasteiger partial charge in [0.25, 0.3) is 5.56 Å². The fraction of sp³-hybridized carbons (Fsp3) is 0.500. The number of anilines is 1. The van der Waals surface area contributed by atoms with Gasteiger partial charge >= 0.3 is 0 Å². The van der Waals surface area contributed by atoms with E-state index < -0.39 is 6.10 Å². The minimum Gasteiger partial charge on any atom is -0.391 e. The van der Waals surface area contributed by atoms with Crippen molar-refractivity contribution in [3.05, 3.63) is 41.2 Å². The number of aliphatic hydroxyl groups is 1. The zero-order valence-corrected chi connectivity index (χ0v) is 11.9. The van der Waals surface area contributed by atoms with Crippen molar-refractivity contribution in [1.29, 1.82) is 0 Å². The van der Waals surface area contributed by atoms with Crippen LogP contribution >= 0.6 is 0 Å². The summed E-state index contributed by atoms with van der Waals surface area (Å²) in [6.07, 6.45) is 6.28. The molecule has 2 aromatic heterocycles. The van der Waals surface area contributed by atoms with Crippen molar-refractivity contribution in [1.82, 2.24) is 19.3 Å². The topological polar surface area (TPSA) is 85.0 Å². The Morgan fingerprint density at radius 1 is 1.48 bits per heavy atom. The van der Waals surface area contributed by atoms with E-state index in [-0.39, 0.29) is 11.6 Å². The van der Waals surface area contributed by atoms with Gasteiger partial charge in [-0.2, -0.15) is 5.10 Å². The summed E-state index contributed by atoms with van der Waals surface area (Å²) in [5.41, 5.74) is -0.118. The molecule has 1 aliphatic carbocycles. The molecule has 0 aromatic carbocycles. The van der Waals surface area contributed by atoms with Crippen molar-refractivity contribution >= 4 is 5.82 Å². The third-order valence-electron chi connectivity index (χ3n) is 3.94. The molecule has 1 saturated carbocycles. The van der Waals surface area contributed by atoms with Crippen LogP contribution in [0.25, 0.3) is 0 Å². The Bertz CT molecular complexity index is 652. The Labute approximate surface area is 122 Å². The van der Waals surface area contributed by atoms with E-state index in [0.717, 1.165) is 19.4 Å². The van der Waals surface area contributed by atoms with E-state index in [2.05, 4.69) is 15.4 Å². The maximum absolute atomic E-state index is 11.6. The van der Waals surface area contributed by atoms with Crippen molar-refractivity contribution in [3.63, 3.8) is 0 Å². The molecule has 0 spiro atoms. The van der Waals surface area contributed by atoms with Gasteiger partial charge < -0.3 is 15.0 Å². The highest BCUT2D eigenvalue weighted by Crippen LogP contribution is 2.29. The van der Waals surface area contributed by atoms with E-state index in [0.29, 0.717) is 11.7 Å². The van der Waals surface area contributed by atoms with Crippen molar-refractivity contribution in [2.75, 3.05) is 5.32 Å². The zero-order chi connectivity index (χ0) is 14.8. The van der Waals surface area contributed by atoms with Crippen molar-refractivity contribution in [3.8, 4) is 0 Å². The van der Waals surface area contributed by atoms with E-state index in [1.165, 1.54) is 17.0 Å². The predicted octanol–water partition coefficient (Wildman–Crippen LogP) is 0.228. The van der Waals surface area contributed by atoms with Crippen LogP contribution in [0.4, 0.5) is 5.82 Å². The molecular weight excluding hydrogens is 270 g/mol. The monoisotopic (exact) mass is 289 g/mol. The summed E-state index contributed by atoms with van der Waals surface area (Å²) < 4.78 is 3.30. The van der Waals surface area contributed by atoms with Crippen molar-refractivity contribution < 1.29 is 5.11 Å². The zero-order valence-electron chi connectivity index (χ0n) is 11.9. The number of rotatable bonds is 4. The second-order valence-electron chi connectivity index (χ2n) is 5.61. The van der Waals surface area contributed by atoms with Gasteiger partial charge in [0.2, 0.25) is 0 Å². The molecule has 1 unspecified atom stereocenters. The largest absolute Gasteiger partial charge is 0.391 e. The lowest BCUT2D eigenvalue weighted by Crippen LogP contribution is -2.29. The lowest BCUT2D eigenvalue weighted by atomic mass is 10.1. The Kier molecular flexibility index (Phi) is 3.74. The van der Waals surface area contributed by atoms with Crippen LogP contribution in [0.3, 0.4) is 0 Å². The van der Waals surface area contributed by atoms with Crippen LogP contribution in [0.15, 0.2) is 35.6 Å². The first-order valence-corrected chi connectivity index (χ1v) is 7.06. The summed E-state index contributed by atoms with van der Waals surface area (Å²) in [6, 6.07) is 3.27. The van der Waals surface area contributed by atoms with Gasteiger partial charge in [0.1, 0.15) is 5.82 Å². The van der Waals surface area contributed by atoms with Crippen LogP contribution < -0.4 is 10.9 Å². The first kappa shape index (κ1) is 13.8. The Morgan fingerprint density at radius 2 is 2.33 bits per heavy atom. The van der Waals surface area contributed by atoms with Gasteiger partial charge in [-0.1, -0.05) is 0 Å². The number of aromatic nitrogens is 4. The second-order valence-corrected chi connectivity index (χ2v) is 5.61. The highest BCUT2D eigenvalue weighted by atomic mass is 16.3. The molecule has 2 aromatic rings. The Hall–Kier alpha value is -2.15. The number of nitrogens with zero attached hydrogens (tertiary/aromatic N) is 4.